The van der Waals surface area contributed by atoms with Crippen LogP contribution in [0.1, 0.15) is 106 Å². The van der Waals surface area contributed by atoms with Crippen LogP contribution in [-0.4, -0.2) is 33.1 Å². The normalized spacial score (nSPS) is 49.6. The Morgan fingerprint density at radius 1 is 0.903 bits per heavy atom. The summed E-state index contributed by atoms with van der Waals surface area (Å²) in [6.07, 6.45) is 11.0. The van der Waals surface area contributed by atoms with E-state index in [-0.39, 0.29) is 17.6 Å². The van der Waals surface area contributed by atoms with Gasteiger partial charge in [-0.05, 0) is 124 Å². The van der Waals surface area contributed by atoms with Crippen molar-refractivity contribution in [1.82, 2.24) is 0 Å². The zero-order chi connectivity index (χ0) is 22.8. The van der Waals surface area contributed by atoms with Gasteiger partial charge in [0, 0.05) is 0 Å². The molecule has 2 unspecified atom stereocenters. The average Bonchev–Trinajstić information content (AvgIpc) is 3.03. The van der Waals surface area contributed by atoms with E-state index >= 15 is 0 Å². The fourth-order valence-corrected chi connectivity index (χ4v) is 9.34. The van der Waals surface area contributed by atoms with Crippen LogP contribution in [0.2, 0.25) is 0 Å². The Kier molecular flexibility index (Phi) is 6.41. The number of hydrogen-bond donors (Lipinski definition) is 3. The largest absolute Gasteiger partial charge is 0.393 e. The zero-order valence-electron chi connectivity index (χ0n) is 21.1. The maximum absolute atomic E-state index is 11.1. The van der Waals surface area contributed by atoms with Crippen molar-refractivity contribution < 1.29 is 15.3 Å². The highest BCUT2D eigenvalue weighted by Crippen LogP contribution is 2.68. The van der Waals surface area contributed by atoms with E-state index in [1.54, 1.807) is 0 Å². The Morgan fingerprint density at radius 3 is 2.29 bits per heavy atom. The molecule has 4 saturated carbocycles. The van der Waals surface area contributed by atoms with Crippen molar-refractivity contribution in [1.29, 1.82) is 0 Å². The van der Waals surface area contributed by atoms with E-state index < -0.39 is 5.60 Å². The second kappa shape index (κ2) is 8.27. The van der Waals surface area contributed by atoms with Gasteiger partial charge >= 0.3 is 0 Å². The maximum atomic E-state index is 11.1. The lowest BCUT2D eigenvalue weighted by molar-refractivity contribution is -0.182. The van der Waals surface area contributed by atoms with Crippen LogP contribution < -0.4 is 0 Å². The standard InChI is InChI=1S/C28H50O3/c1-17(7-8-18(2)26(3,4)31)22-11-12-23-21-10-9-19-15-20(29)16-25(30)28(19,6)24(21)13-14-27(22,23)5/h17-25,29-31H,7-16H2,1-6H3/t17-,18+,19?,20-,21?,22-,23+,24+,25+,27-,28+/m1/s1. The molecule has 3 N–H and O–H groups in total. The Bertz CT molecular complexity index is 641. The van der Waals surface area contributed by atoms with Crippen molar-refractivity contribution in [2.45, 2.75) is 124 Å². The average molecular weight is 435 g/mol. The first-order valence-electron chi connectivity index (χ1n) is 13.5. The van der Waals surface area contributed by atoms with Gasteiger partial charge in [-0.3, -0.25) is 0 Å². The summed E-state index contributed by atoms with van der Waals surface area (Å²) in [5.74, 6) is 4.57. The van der Waals surface area contributed by atoms with Gasteiger partial charge in [-0.2, -0.15) is 0 Å². The van der Waals surface area contributed by atoms with Crippen molar-refractivity contribution in [2.24, 2.45) is 52.3 Å². The monoisotopic (exact) mass is 434 g/mol. The van der Waals surface area contributed by atoms with Gasteiger partial charge in [-0.1, -0.05) is 34.1 Å². The van der Waals surface area contributed by atoms with Crippen LogP contribution in [0.15, 0.2) is 0 Å². The molecule has 4 aliphatic carbocycles. The van der Waals surface area contributed by atoms with Gasteiger partial charge in [0.2, 0.25) is 0 Å². The van der Waals surface area contributed by atoms with Crippen molar-refractivity contribution in [3.63, 3.8) is 0 Å². The molecule has 0 aromatic heterocycles. The summed E-state index contributed by atoms with van der Waals surface area (Å²) in [4.78, 5) is 0. The van der Waals surface area contributed by atoms with Crippen LogP contribution in [0.5, 0.6) is 0 Å². The van der Waals surface area contributed by atoms with Crippen LogP contribution >= 0.6 is 0 Å². The smallest absolute Gasteiger partial charge is 0.0623 e. The third-order valence-corrected chi connectivity index (χ3v) is 11.8. The Balaban J connectivity index is 1.47. The number of rotatable bonds is 5. The molecular weight excluding hydrogens is 384 g/mol. The van der Waals surface area contributed by atoms with Crippen LogP contribution in [0.3, 0.4) is 0 Å². The molecule has 3 heteroatoms. The fourth-order valence-electron chi connectivity index (χ4n) is 9.34. The molecule has 31 heavy (non-hydrogen) atoms. The number of aliphatic hydroxyl groups excluding tert-OH is 2. The first-order chi connectivity index (χ1) is 14.4. The van der Waals surface area contributed by atoms with Crippen molar-refractivity contribution >= 4 is 0 Å². The van der Waals surface area contributed by atoms with E-state index in [1.165, 1.54) is 44.9 Å². The van der Waals surface area contributed by atoms with Crippen molar-refractivity contribution in [2.75, 3.05) is 0 Å². The van der Waals surface area contributed by atoms with Crippen LogP contribution in [0.25, 0.3) is 0 Å². The predicted molar refractivity (Wildman–Crippen MR) is 126 cm³/mol. The molecule has 0 aromatic carbocycles. The Morgan fingerprint density at radius 2 is 1.61 bits per heavy atom. The molecule has 4 fully saturated rings. The summed E-state index contributed by atoms with van der Waals surface area (Å²) in [5.41, 5.74) is -0.126. The molecule has 0 heterocycles. The van der Waals surface area contributed by atoms with Crippen LogP contribution in [-0.2, 0) is 0 Å². The zero-order valence-corrected chi connectivity index (χ0v) is 21.1. The summed E-state index contributed by atoms with van der Waals surface area (Å²) < 4.78 is 0. The Hall–Kier alpha value is -0.120. The van der Waals surface area contributed by atoms with Gasteiger partial charge in [-0.25, -0.2) is 0 Å². The first-order valence-corrected chi connectivity index (χ1v) is 13.5. The van der Waals surface area contributed by atoms with E-state index in [9.17, 15) is 15.3 Å². The molecule has 0 aliphatic heterocycles. The van der Waals surface area contributed by atoms with Gasteiger partial charge in [0.05, 0.1) is 17.8 Å². The van der Waals surface area contributed by atoms with Gasteiger partial charge in [0.25, 0.3) is 0 Å². The molecule has 3 nitrogen and oxygen atoms in total. The lowest BCUT2D eigenvalue weighted by Crippen LogP contribution is -2.59. The molecule has 180 valence electrons. The van der Waals surface area contributed by atoms with E-state index in [2.05, 4.69) is 27.7 Å². The molecular formula is C28H50O3. The topological polar surface area (TPSA) is 60.7 Å². The van der Waals surface area contributed by atoms with Crippen molar-refractivity contribution in [3.05, 3.63) is 0 Å². The van der Waals surface area contributed by atoms with Gasteiger partial charge in [0.1, 0.15) is 0 Å². The highest BCUT2D eigenvalue weighted by atomic mass is 16.3. The fraction of sp³-hybridized carbons (Fsp3) is 1.00. The number of aliphatic hydroxyl groups is 3. The summed E-state index contributed by atoms with van der Waals surface area (Å²) in [5, 5.41) is 31.8. The highest BCUT2D eigenvalue weighted by molar-refractivity contribution is 5.11. The summed E-state index contributed by atoms with van der Waals surface area (Å²) >= 11 is 0. The molecule has 0 saturated heterocycles. The third kappa shape index (κ3) is 3.93. The third-order valence-electron chi connectivity index (χ3n) is 11.8. The van der Waals surface area contributed by atoms with Gasteiger partial charge in [-0.15, -0.1) is 0 Å². The first kappa shape index (κ1) is 24.0. The van der Waals surface area contributed by atoms with Crippen molar-refractivity contribution in [3.8, 4) is 0 Å². The summed E-state index contributed by atoms with van der Waals surface area (Å²) in [6, 6.07) is 0. The summed E-state index contributed by atoms with van der Waals surface area (Å²) in [6.45, 7) is 13.6. The lowest BCUT2D eigenvalue weighted by atomic mass is 9.43. The quantitative estimate of drug-likeness (QED) is 0.512. The minimum atomic E-state index is -0.581. The van der Waals surface area contributed by atoms with Crippen LogP contribution in [0.4, 0.5) is 0 Å². The van der Waals surface area contributed by atoms with E-state index in [0.717, 1.165) is 36.5 Å². The SMILES string of the molecule is C[C@H](CC[C@H](C)C(C)(C)O)[C@H]1CC[C@H]2C3CCC4C[C@@H](O)C[C@H](O)[C@]4(C)[C@H]3CC[C@]12C. The van der Waals surface area contributed by atoms with Crippen LogP contribution in [0, 0.1) is 52.3 Å². The molecule has 0 radical (unpaired) electrons. The second-order valence-electron chi connectivity index (χ2n) is 13.5. The molecule has 0 spiro atoms. The van der Waals surface area contributed by atoms with E-state index in [1.807, 2.05) is 13.8 Å². The predicted octanol–water partition coefficient (Wildman–Crippen LogP) is 5.80. The minimum Gasteiger partial charge on any atom is -0.393 e. The molecule has 11 atom stereocenters. The maximum Gasteiger partial charge on any atom is 0.0623 e. The highest BCUT2D eigenvalue weighted by Gasteiger charge is 2.62. The Labute approximate surface area is 191 Å². The molecule has 4 aliphatic rings. The number of hydrogen-bond acceptors (Lipinski definition) is 3. The molecule has 0 bridgehead atoms. The molecule has 4 rings (SSSR count). The minimum absolute atomic E-state index is 0.00925. The second-order valence-corrected chi connectivity index (χ2v) is 13.5. The van der Waals surface area contributed by atoms with E-state index in [0.29, 0.717) is 29.6 Å². The lowest BCUT2D eigenvalue weighted by Gasteiger charge is -2.62. The molecule has 0 amide bonds. The number of fused-ring (bicyclic) bond motifs is 5. The van der Waals surface area contributed by atoms with Gasteiger partial charge < -0.3 is 15.3 Å². The van der Waals surface area contributed by atoms with E-state index in [4.69, 9.17) is 0 Å². The summed E-state index contributed by atoms with van der Waals surface area (Å²) in [7, 11) is 0. The van der Waals surface area contributed by atoms with Gasteiger partial charge in [0.15, 0.2) is 0 Å². The molecule has 0 aromatic rings.